The zero-order chi connectivity index (χ0) is 15.6. The van der Waals surface area contributed by atoms with Gasteiger partial charge in [-0.05, 0) is 31.8 Å². The summed E-state index contributed by atoms with van der Waals surface area (Å²) >= 11 is 1.63. The van der Waals surface area contributed by atoms with E-state index < -0.39 is 0 Å². The predicted molar refractivity (Wildman–Crippen MR) is 95.8 cm³/mol. The molecule has 0 saturated heterocycles. The zero-order valence-corrected chi connectivity index (χ0v) is 15.0. The lowest BCUT2D eigenvalue weighted by Gasteiger charge is -2.33. The molecule has 0 aromatic rings. The summed E-state index contributed by atoms with van der Waals surface area (Å²) < 4.78 is 0.202. The van der Waals surface area contributed by atoms with Gasteiger partial charge in [0.1, 0.15) is 0 Å². The third-order valence-corrected chi connectivity index (χ3v) is 6.24. The van der Waals surface area contributed by atoms with Crippen LogP contribution in [0.4, 0.5) is 0 Å². The van der Waals surface area contributed by atoms with Gasteiger partial charge < -0.3 is 0 Å². The van der Waals surface area contributed by atoms with Gasteiger partial charge in [0, 0.05) is 4.75 Å². The Kier molecular flexibility index (Phi) is 9.39. The Morgan fingerprint density at radius 2 is 1.57 bits per heavy atom. The second-order valence-electron chi connectivity index (χ2n) is 6.78. The first-order chi connectivity index (χ1) is 10.1. The summed E-state index contributed by atoms with van der Waals surface area (Å²) in [5, 5.41) is 0.227. The molecule has 1 rings (SSSR count). The molecule has 0 radical (unpaired) electrons. The number of hydrogen-bond donors (Lipinski definition) is 0. The van der Waals surface area contributed by atoms with Crippen LogP contribution in [-0.2, 0) is 4.79 Å². The maximum absolute atomic E-state index is 12.3. The first-order valence-electron chi connectivity index (χ1n) is 8.98. The van der Waals surface area contributed by atoms with E-state index in [1.165, 1.54) is 83.5 Å². The van der Waals surface area contributed by atoms with E-state index in [2.05, 4.69) is 13.5 Å². The van der Waals surface area contributed by atoms with Crippen molar-refractivity contribution in [2.75, 3.05) is 0 Å². The summed E-state index contributed by atoms with van der Waals surface area (Å²) in [5.41, 5.74) is 0.716. The number of thioether (sulfide) groups is 1. The van der Waals surface area contributed by atoms with E-state index in [0.717, 1.165) is 0 Å². The summed E-state index contributed by atoms with van der Waals surface area (Å²) in [6, 6.07) is 0. The second-order valence-corrected chi connectivity index (χ2v) is 8.23. The van der Waals surface area contributed by atoms with Crippen LogP contribution in [0.15, 0.2) is 12.2 Å². The third-order valence-electron chi connectivity index (χ3n) is 4.66. The SMILES string of the molecule is C=C(C)C(=O)SC1(CCCCCC)CCCCCCCC1. The van der Waals surface area contributed by atoms with Gasteiger partial charge in [0.15, 0.2) is 0 Å². The highest BCUT2D eigenvalue weighted by atomic mass is 32.2. The van der Waals surface area contributed by atoms with Crippen LogP contribution in [0, 0.1) is 0 Å². The van der Waals surface area contributed by atoms with Gasteiger partial charge >= 0.3 is 0 Å². The Bertz CT molecular complexity index is 312. The Morgan fingerprint density at radius 3 is 2.10 bits per heavy atom. The lowest BCUT2D eigenvalue weighted by Crippen LogP contribution is -2.27. The molecule has 0 bridgehead atoms. The van der Waals surface area contributed by atoms with Crippen molar-refractivity contribution >= 4 is 16.9 Å². The smallest absolute Gasteiger partial charge is 0.214 e. The number of hydrogen-bond acceptors (Lipinski definition) is 2. The van der Waals surface area contributed by atoms with Crippen LogP contribution in [-0.4, -0.2) is 9.86 Å². The molecule has 1 nitrogen and oxygen atoms in total. The monoisotopic (exact) mass is 310 g/mol. The minimum absolute atomic E-state index is 0.202. The van der Waals surface area contributed by atoms with Gasteiger partial charge in [0.2, 0.25) is 5.12 Å². The van der Waals surface area contributed by atoms with Gasteiger partial charge in [0.25, 0.3) is 0 Å². The standard InChI is InChI=1S/C19H34OS/c1-4-5-6-11-14-19(21-18(20)17(2)3)15-12-9-7-8-10-13-16-19/h2,4-16H2,1,3H3. The molecule has 0 heterocycles. The summed E-state index contributed by atoms with van der Waals surface area (Å²) in [7, 11) is 0. The van der Waals surface area contributed by atoms with Gasteiger partial charge in [-0.1, -0.05) is 89.5 Å². The molecule has 21 heavy (non-hydrogen) atoms. The molecular formula is C19H34OS. The van der Waals surface area contributed by atoms with Crippen molar-refractivity contribution in [1.82, 2.24) is 0 Å². The van der Waals surface area contributed by atoms with Gasteiger partial charge in [-0.15, -0.1) is 0 Å². The highest BCUT2D eigenvalue weighted by molar-refractivity contribution is 8.15. The molecule has 0 aliphatic heterocycles. The number of carbonyl (C=O) groups excluding carboxylic acids is 1. The van der Waals surface area contributed by atoms with Crippen LogP contribution in [0.3, 0.4) is 0 Å². The molecule has 122 valence electrons. The molecule has 0 aromatic carbocycles. The van der Waals surface area contributed by atoms with Crippen molar-refractivity contribution in [2.45, 2.75) is 102 Å². The fourth-order valence-corrected chi connectivity index (χ4v) is 4.59. The molecule has 1 aliphatic rings. The molecule has 0 N–H and O–H groups in total. The Labute approximate surface area is 136 Å². The van der Waals surface area contributed by atoms with E-state index in [1.807, 2.05) is 6.92 Å². The molecule has 1 saturated carbocycles. The lowest BCUT2D eigenvalue weighted by molar-refractivity contribution is -0.107. The van der Waals surface area contributed by atoms with Crippen LogP contribution < -0.4 is 0 Å². The largest absolute Gasteiger partial charge is 0.282 e. The number of rotatable bonds is 7. The summed E-state index contributed by atoms with van der Waals surface area (Å²) in [6.45, 7) is 7.97. The summed E-state index contributed by atoms with van der Waals surface area (Å²) in [5.74, 6) is 0. The van der Waals surface area contributed by atoms with E-state index in [9.17, 15) is 4.79 Å². The van der Waals surface area contributed by atoms with Crippen molar-refractivity contribution in [2.24, 2.45) is 0 Å². The molecule has 0 spiro atoms. The van der Waals surface area contributed by atoms with Crippen molar-refractivity contribution in [3.8, 4) is 0 Å². The molecule has 0 aromatic heterocycles. The van der Waals surface area contributed by atoms with Gasteiger partial charge in [-0.25, -0.2) is 0 Å². The van der Waals surface area contributed by atoms with Crippen LogP contribution in [0.2, 0.25) is 0 Å². The van der Waals surface area contributed by atoms with Crippen LogP contribution in [0.1, 0.15) is 97.3 Å². The van der Waals surface area contributed by atoms with Crippen molar-refractivity contribution in [3.05, 3.63) is 12.2 Å². The van der Waals surface area contributed by atoms with Crippen LogP contribution in [0.5, 0.6) is 0 Å². The molecular weight excluding hydrogens is 276 g/mol. The zero-order valence-electron chi connectivity index (χ0n) is 14.2. The number of carbonyl (C=O) groups is 1. The van der Waals surface area contributed by atoms with Gasteiger partial charge in [-0.3, -0.25) is 4.79 Å². The van der Waals surface area contributed by atoms with Crippen molar-refractivity contribution in [3.63, 3.8) is 0 Å². The highest BCUT2D eigenvalue weighted by Crippen LogP contribution is 2.43. The highest BCUT2D eigenvalue weighted by Gasteiger charge is 2.32. The Balaban J connectivity index is 2.68. The quantitative estimate of drug-likeness (QED) is 0.386. The van der Waals surface area contributed by atoms with E-state index in [4.69, 9.17) is 0 Å². The average molecular weight is 311 g/mol. The topological polar surface area (TPSA) is 17.1 Å². The van der Waals surface area contributed by atoms with Gasteiger partial charge in [-0.2, -0.15) is 0 Å². The number of unbranched alkanes of at least 4 members (excludes halogenated alkanes) is 3. The predicted octanol–water partition coefficient (Wildman–Crippen LogP) is 6.67. The fraction of sp³-hybridized carbons (Fsp3) is 0.842. The minimum Gasteiger partial charge on any atom is -0.282 e. The molecule has 0 atom stereocenters. The average Bonchev–Trinajstić information content (AvgIpc) is 2.56. The maximum atomic E-state index is 12.3. The Morgan fingerprint density at radius 1 is 1.00 bits per heavy atom. The van der Waals surface area contributed by atoms with E-state index in [0.29, 0.717) is 5.57 Å². The fourth-order valence-electron chi connectivity index (χ4n) is 3.29. The minimum atomic E-state index is 0.202. The summed E-state index contributed by atoms with van der Waals surface area (Å²) in [4.78, 5) is 12.3. The first-order valence-corrected chi connectivity index (χ1v) is 9.80. The molecule has 0 amide bonds. The molecule has 1 aliphatic carbocycles. The molecule has 0 unspecified atom stereocenters. The Hall–Kier alpha value is -0.240. The van der Waals surface area contributed by atoms with Gasteiger partial charge in [0.05, 0.1) is 0 Å². The second kappa shape index (κ2) is 10.5. The van der Waals surface area contributed by atoms with Crippen LogP contribution in [0.25, 0.3) is 0 Å². The van der Waals surface area contributed by atoms with E-state index in [-0.39, 0.29) is 9.86 Å². The molecule has 1 fully saturated rings. The van der Waals surface area contributed by atoms with Crippen molar-refractivity contribution < 1.29 is 4.79 Å². The normalized spacial score (nSPS) is 19.3. The van der Waals surface area contributed by atoms with Crippen molar-refractivity contribution in [1.29, 1.82) is 0 Å². The molecule has 2 heteroatoms. The summed E-state index contributed by atoms with van der Waals surface area (Å²) in [6.07, 6.45) is 16.9. The van der Waals surface area contributed by atoms with Crippen LogP contribution >= 0.6 is 11.8 Å². The maximum Gasteiger partial charge on any atom is 0.214 e. The lowest BCUT2D eigenvalue weighted by atomic mass is 9.90. The van der Waals surface area contributed by atoms with E-state index in [1.54, 1.807) is 11.8 Å². The first kappa shape index (κ1) is 18.8. The van der Waals surface area contributed by atoms with E-state index >= 15 is 0 Å². The third kappa shape index (κ3) is 7.54.